The van der Waals surface area contributed by atoms with E-state index in [9.17, 15) is 4.79 Å². The zero-order valence-corrected chi connectivity index (χ0v) is 12.1. The number of para-hydroxylation sites is 1. The molecule has 0 fully saturated rings. The molecule has 1 aliphatic heterocycles. The number of amides is 1. The summed E-state index contributed by atoms with van der Waals surface area (Å²) in [7, 11) is 0. The van der Waals surface area contributed by atoms with Crippen LogP contribution < -0.4 is 20.7 Å². The predicted molar refractivity (Wildman–Crippen MR) is 82.4 cm³/mol. The molecule has 2 aromatic carbocycles. The van der Waals surface area contributed by atoms with Gasteiger partial charge in [-0.15, -0.1) is 0 Å². The second-order valence-corrected chi connectivity index (χ2v) is 5.18. The Morgan fingerprint density at radius 3 is 2.77 bits per heavy atom. The lowest BCUT2D eigenvalue weighted by Crippen LogP contribution is -2.34. The van der Waals surface area contributed by atoms with Crippen LogP contribution in [0.2, 0.25) is 0 Å². The maximum Gasteiger partial charge on any atom is 0.271 e. The lowest BCUT2D eigenvalue weighted by molar-refractivity contribution is -0.123. The number of hydrogen-bond donors (Lipinski definition) is 2. The minimum absolute atomic E-state index is 0.0521. The molecule has 5 heteroatoms. The Bertz CT molecular complexity index is 655. The molecule has 0 spiro atoms. The summed E-state index contributed by atoms with van der Waals surface area (Å²) < 4.78 is 11.4. The first-order chi connectivity index (χ1) is 10.8. The van der Waals surface area contributed by atoms with Crippen molar-refractivity contribution in [1.82, 2.24) is 5.43 Å². The van der Waals surface area contributed by atoms with Gasteiger partial charge in [-0.25, -0.2) is 5.84 Å². The zero-order chi connectivity index (χ0) is 15.4. The molecule has 1 atom stereocenters. The normalized spacial score (nSPS) is 16.3. The third-order valence-electron chi connectivity index (χ3n) is 3.70. The molecule has 114 valence electrons. The van der Waals surface area contributed by atoms with E-state index < -0.39 is 0 Å². The van der Waals surface area contributed by atoms with E-state index in [2.05, 4.69) is 6.07 Å². The van der Waals surface area contributed by atoms with Gasteiger partial charge in [0, 0.05) is 0 Å². The first-order valence-electron chi connectivity index (χ1n) is 7.23. The van der Waals surface area contributed by atoms with Gasteiger partial charge in [-0.3, -0.25) is 10.2 Å². The van der Waals surface area contributed by atoms with Gasteiger partial charge in [-0.05, 0) is 42.2 Å². The number of nitrogens with one attached hydrogen (secondary N) is 1. The predicted octanol–water partition coefficient (Wildman–Crippen LogP) is 2.12. The van der Waals surface area contributed by atoms with Crippen molar-refractivity contribution in [3.05, 3.63) is 59.7 Å². The van der Waals surface area contributed by atoms with Gasteiger partial charge in [0.25, 0.3) is 5.91 Å². The molecule has 0 bridgehead atoms. The van der Waals surface area contributed by atoms with Crippen LogP contribution in [-0.4, -0.2) is 12.5 Å². The molecule has 0 radical (unpaired) electrons. The summed E-state index contributed by atoms with van der Waals surface area (Å²) in [5.41, 5.74) is 4.38. The van der Waals surface area contributed by atoms with Crippen molar-refractivity contribution in [2.75, 3.05) is 6.61 Å². The Hall–Kier alpha value is -2.53. The number of aryl methyl sites for hydroxylation is 1. The summed E-state index contributed by atoms with van der Waals surface area (Å²) in [4.78, 5) is 11.0. The van der Waals surface area contributed by atoms with Crippen LogP contribution in [0.3, 0.4) is 0 Å². The van der Waals surface area contributed by atoms with Crippen molar-refractivity contribution in [3.63, 3.8) is 0 Å². The van der Waals surface area contributed by atoms with E-state index in [4.69, 9.17) is 15.3 Å². The number of fused-ring (bicyclic) bond motifs is 1. The van der Waals surface area contributed by atoms with Crippen LogP contribution in [0.15, 0.2) is 48.5 Å². The molecule has 3 rings (SSSR count). The zero-order valence-electron chi connectivity index (χ0n) is 12.1. The number of rotatable bonds is 4. The molecular weight excluding hydrogens is 280 g/mol. The van der Waals surface area contributed by atoms with Crippen LogP contribution >= 0.6 is 0 Å². The Labute approximate surface area is 129 Å². The minimum Gasteiger partial charge on any atom is -0.485 e. The first-order valence-corrected chi connectivity index (χ1v) is 7.23. The van der Waals surface area contributed by atoms with Gasteiger partial charge in [0.05, 0.1) is 0 Å². The molecule has 2 aromatic rings. The van der Waals surface area contributed by atoms with E-state index in [1.54, 1.807) is 0 Å². The first kappa shape index (κ1) is 14.4. The number of carbonyl (C=O) groups excluding carboxylic acids is 1. The molecule has 0 aliphatic carbocycles. The van der Waals surface area contributed by atoms with Crippen molar-refractivity contribution >= 4 is 5.91 Å². The molecule has 5 nitrogen and oxygen atoms in total. The maximum absolute atomic E-state index is 11.0. The topological polar surface area (TPSA) is 73.6 Å². The van der Waals surface area contributed by atoms with Crippen molar-refractivity contribution in [3.8, 4) is 11.5 Å². The number of benzene rings is 2. The highest BCUT2D eigenvalue weighted by Crippen LogP contribution is 2.34. The monoisotopic (exact) mass is 298 g/mol. The lowest BCUT2D eigenvalue weighted by atomic mass is 9.97. The van der Waals surface area contributed by atoms with Crippen LogP contribution in [0.4, 0.5) is 0 Å². The fourth-order valence-corrected chi connectivity index (χ4v) is 2.53. The third kappa shape index (κ3) is 3.20. The minimum atomic E-state index is -0.365. The molecule has 1 aliphatic rings. The quantitative estimate of drug-likeness (QED) is 0.515. The standard InChI is InChI=1S/C17H18N2O3/c18-19-17(20)11-21-14-8-5-13(6-9-14)16-10-7-12-3-1-2-4-15(12)22-16/h1-6,8-9,16H,7,10-11,18H2,(H,19,20). The average Bonchev–Trinajstić information content (AvgIpc) is 2.59. The number of ether oxygens (including phenoxy) is 2. The van der Waals surface area contributed by atoms with Gasteiger partial charge in [-0.1, -0.05) is 30.3 Å². The van der Waals surface area contributed by atoms with Crippen molar-refractivity contribution in [2.45, 2.75) is 18.9 Å². The molecule has 0 aromatic heterocycles. The van der Waals surface area contributed by atoms with Crippen LogP contribution in [-0.2, 0) is 11.2 Å². The summed E-state index contributed by atoms with van der Waals surface area (Å²) in [6.45, 7) is -0.0941. The number of nitrogens with two attached hydrogens (primary N) is 1. The molecule has 1 unspecified atom stereocenters. The number of hydrogen-bond acceptors (Lipinski definition) is 4. The Morgan fingerprint density at radius 2 is 2.00 bits per heavy atom. The second kappa shape index (κ2) is 6.49. The summed E-state index contributed by atoms with van der Waals surface area (Å²) in [5, 5.41) is 0. The van der Waals surface area contributed by atoms with Gasteiger partial charge in [0.2, 0.25) is 0 Å². The van der Waals surface area contributed by atoms with Gasteiger partial charge >= 0.3 is 0 Å². The van der Waals surface area contributed by atoms with Gasteiger partial charge in [0.15, 0.2) is 6.61 Å². The van der Waals surface area contributed by atoms with Crippen molar-refractivity contribution < 1.29 is 14.3 Å². The number of carbonyl (C=O) groups is 1. The Morgan fingerprint density at radius 1 is 1.23 bits per heavy atom. The van der Waals surface area contributed by atoms with E-state index in [1.807, 2.05) is 47.9 Å². The van der Waals surface area contributed by atoms with Crippen LogP contribution in [0.5, 0.6) is 11.5 Å². The van der Waals surface area contributed by atoms with E-state index in [1.165, 1.54) is 5.56 Å². The molecular formula is C17H18N2O3. The summed E-state index contributed by atoms with van der Waals surface area (Å²) in [6, 6.07) is 15.7. The van der Waals surface area contributed by atoms with E-state index >= 15 is 0 Å². The van der Waals surface area contributed by atoms with E-state index in [0.29, 0.717) is 5.75 Å². The lowest BCUT2D eigenvalue weighted by Gasteiger charge is -2.26. The Balaban J connectivity index is 1.65. The van der Waals surface area contributed by atoms with Crippen LogP contribution in [0.1, 0.15) is 23.7 Å². The third-order valence-corrected chi connectivity index (χ3v) is 3.70. The van der Waals surface area contributed by atoms with Crippen molar-refractivity contribution in [1.29, 1.82) is 0 Å². The molecule has 0 saturated heterocycles. The Kier molecular flexibility index (Phi) is 4.25. The van der Waals surface area contributed by atoms with Gasteiger partial charge in [-0.2, -0.15) is 0 Å². The largest absolute Gasteiger partial charge is 0.485 e. The highest BCUT2D eigenvalue weighted by molar-refractivity contribution is 5.76. The van der Waals surface area contributed by atoms with Crippen LogP contribution in [0.25, 0.3) is 0 Å². The highest BCUT2D eigenvalue weighted by atomic mass is 16.5. The smallest absolute Gasteiger partial charge is 0.271 e. The fraction of sp³-hybridized carbons (Fsp3) is 0.235. The second-order valence-electron chi connectivity index (χ2n) is 5.18. The SMILES string of the molecule is NNC(=O)COc1ccc(C2CCc3ccccc3O2)cc1. The average molecular weight is 298 g/mol. The van der Waals surface area contributed by atoms with Gasteiger partial charge in [0.1, 0.15) is 17.6 Å². The molecule has 1 heterocycles. The summed E-state index contributed by atoms with van der Waals surface area (Å²) in [5.74, 6) is 6.22. The van der Waals surface area contributed by atoms with Gasteiger partial charge < -0.3 is 9.47 Å². The maximum atomic E-state index is 11.0. The molecule has 3 N–H and O–H groups in total. The van der Waals surface area contributed by atoms with E-state index in [0.717, 1.165) is 24.2 Å². The number of hydrazine groups is 1. The molecule has 0 saturated carbocycles. The van der Waals surface area contributed by atoms with E-state index in [-0.39, 0.29) is 18.6 Å². The fourth-order valence-electron chi connectivity index (χ4n) is 2.53. The van der Waals surface area contributed by atoms with Crippen LogP contribution in [0, 0.1) is 0 Å². The molecule has 1 amide bonds. The highest BCUT2D eigenvalue weighted by Gasteiger charge is 2.20. The summed E-state index contributed by atoms with van der Waals surface area (Å²) in [6.07, 6.45) is 2.01. The van der Waals surface area contributed by atoms with Crippen molar-refractivity contribution in [2.24, 2.45) is 5.84 Å². The summed E-state index contributed by atoms with van der Waals surface area (Å²) >= 11 is 0. The molecule has 22 heavy (non-hydrogen) atoms.